The molecule has 0 saturated carbocycles. The Bertz CT molecular complexity index is 807. The fraction of sp³-hybridized carbons (Fsp3) is 0.125. The van der Waals surface area contributed by atoms with E-state index in [1.54, 1.807) is 18.9 Å². The first-order chi connectivity index (χ1) is 10.2. The third-order valence-electron chi connectivity index (χ3n) is 3.21. The highest BCUT2D eigenvalue weighted by atomic mass is 35.5. The molecule has 0 bridgehead atoms. The van der Waals surface area contributed by atoms with Crippen LogP contribution in [0.5, 0.6) is 5.75 Å². The van der Waals surface area contributed by atoms with Crippen LogP contribution in [0.15, 0.2) is 47.4 Å². The molecule has 106 valence electrons. The van der Waals surface area contributed by atoms with Gasteiger partial charge in [-0.05, 0) is 24.5 Å². The zero-order chi connectivity index (χ0) is 14.8. The van der Waals surface area contributed by atoms with E-state index in [4.69, 9.17) is 16.3 Å². The lowest BCUT2D eigenvalue weighted by molar-refractivity contribution is 0.415. The van der Waals surface area contributed by atoms with Crippen LogP contribution in [0.2, 0.25) is 5.15 Å². The van der Waals surface area contributed by atoms with Crippen LogP contribution in [0, 0.1) is 0 Å². The molecule has 21 heavy (non-hydrogen) atoms. The predicted octanol–water partition coefficient (Wildman–Crippen LogP) is 4.68. The van der Waals surface area contributed by atoms with Gasteiger partial charge in [-0.1, -0.05) is 29.8 Å². The van der Waals surface area contributed by atoms with Gasteiger partial charge in [-0.15, -0.1) is 11.8 Å². The van der Waals surface area contributed by atoms with E-state index in [1.165, 1.54) is 0 Å². The Kier molecular flexibility index (Phi) is 3.99. The lowest BCUT2D eigenvalue weighted by Gasteiger charge is -2.09. The van der Waals surface area contributed by atoms with E-state index < -0.39 is 0 Å². The second kappa shape index (κ2) is 5.92. The SMILES string of the molecule is COc1ccc2c(Cl)nc(-c3ccccc3SC)nc2c1. The third kappa shape index (κ3) is 2.69. The highest BCUT2D eigenvalue weighted by Gasteiger charge is 2.11. The lowest BCUT2D eigenvalue weighted by Crippen LogP contribution is -1.94. The Hall–Kier alpha value is -1.78. The van der Waals surface area contributed by atoms with Crippen molar-refractivity contribution in [2.24, 2.45) is 0 Å². The van der Waals surface area contributed by atoms with Crippen molar-refractivity contribution in [2.45, 2.75) is 4.90 Å². The van der Waals surface area contributed by atoms with Crippen molar-refractivity contribution in [3.05, 3.63) is 47.6 Å². The summed E-state index contributed by atoms with van der Waals surface area (Å²) in [5.74, 6) is 1.38. The summed E-state index contributed by atoms with van der Waals surface area (Å²) in [6, 6.07) is 13.6. The number of thioether (sulfide) groups is 1. The van der Waals surface area contributed by atoms with Crippen molar-refractivity contribution >= 4 is 34.3 Å². The van der Waals surface area contributed by atoms with Gasteiger partial charge < -0.3 is 4.74 Å². The fourth-order valence-electron chi connectivity index (χ4n) is 2.15. The molecular weight excluding hydrogens is 304 g/mol. The van der Waals surface area contributed by atoms with Gasteiger partial charge in [-0.3, -0.25) is 0 Å². The second-order valence-electron chi connectivity index (χ2n) is 4.42. The summed E-state index contributed by atoms with van der Waals surface area (Å²) in [5.41, 5.74) is 1.76. The maximum Gasteiger partial charge on any atom is 0.162 e. The maximum absolute atomic E-state index is 6.30. The van der Waals surface area contributed by atoms with Crippen molar-refractivity contribution in [3.63, 3.8) is 0 Å². The highest BCUT2D eigenvalue weighted by molar-refractivity contribution is 7.98. The van der Waals surface area contributed by atoms with Gasteiger partial charge in [0.25, 0.3) is 0 Å². The summed E-state index contributed by atoms with van der Waals surface area (Å²) < 4.78 is 5.25. The van der Waals surface area contributed by atoms with Gasteiger partial charge in [0.05, 0.1) is 12.6 Å². The Morgan fingerprint density at radius 1 is 1.10 bits per heavy atom. The summed E-state index contributed by atoms with van der Waals surface area (Å²) in [6.07, 6.45) is 2.03. The molecule has 0 aliphatic rings. The van der Waals surface area contributed by atoms with Crippen LogP contribution in [0.3, 0.4) is 0 Å². The molecule has 1 aromatic heterocycles. The van der Waals surface area contributed by atoms with Gasteiger partial charge in [0.2, 0.25) is 0 Å². The van der Waals surface area contributed by atoms with Gasteiger partial charge in [0, 0.05) is 21.9 Å². The molecule has 5 heteroatoms. The van der Waals surface area contributed by atoms with Crippen LogP contribution >= 0.6 is 23.4 Å². The number of ether oxygens (including phenoxy) is 1. The maximum atomic E-state index is 6.30. The molecule has 2 aromatic carbocycles. The molecule has 0 spiro atoms. The number of hydrogen-bond acceptors (Lipinski definition) is 4. The largest absolute Gasteiger partial charge is 0.497 e. The van der Waals surface area contributed by atoms with E-state index in [1.807, 2.05) is 48.7 Å². The summed E-state index contributed by atoms with van der Waals surface area (Å²) in [5, 5.41) is 1.27. The van der Waals surface area contributed by atoms with Crippen molar-refractivity contribution in [3.8, 4) is 17.1 Å². The van der Waals surface area contributed by atoms with Crippen LogP contribution in [0.25, 0.3) is 22.3 Å². The number of rotatable bonds is 3. The second-order valence-corrected chi connectivity index (χ2v) is 5.63. The zero-order valence-corrected chi connectivity index (χ0v) is 13.2. The van der Waals surface area contributed by atoms with E-state index in [0.717, 1.165) is 27.1 Å². The summed E-state index contributed by atoms with van der Waals surface area (Å²) >= 11 is 7.97. The Balaban J connectivity index is 2.24. The van der Waals surface area contributed by atoms with Crippen LogP contribution in [-0.2, 0) is 0 Å². The number of aromatic nitrogens is 2. The molecule has 0 atom stereocenters. The zero-order valence-electron chi connectivity index (χ0n) is 11.6. The van der Waals surface area contributed by atoms with E-state index in [0.29, 0.717) is 11.0 Å². The number of halogens is 1. The molecule has 0 fully saturated rings. The number of benzene rings is 2. The number of fused-ring (bicyclic) bond motifs is 1. The van der Waals surface area contributed by atoms with Crippen LogP contribution < -0.4 is 4.74 Å². The van der Waals surface area contributed by atoms with Crippen LogP contribution in [0.1, 0.15) is 0 Å². The molecule has 0 radical (unpaired) electrons. The molecule has 0 aliphatic heterocycles. The van der Waals surface area contributed by atoms with Crippen LogP contribution in [-0.4, -0.2) is 23.3 Å². The normalized spacial score (nSPS) is 10.8. The Morgan fingerprint density at radius 3 is 2.67 bits per heavy atom. The molecule has 0 amide bonds. The van der Waals surface area contributed by atoms with E-state index in [-0.39, 0.29) is 0 Å². The average Bonchev–Trinajstić information content (AvgIpc) is 2.54. The topological polar surface area (TPSA) is 35.0 Å². The molecular formula is C16H13ClN2OS. The summed E-state index contributed by atoms with van der Waals surface area (Å²) in [4.78, 5) is 10.2. The highest BCUT2D eigenvalue weighted by Crippen LogP contribution is 2.31. The average molecular weight is 317 g/mol. The number of methoxy groups -OCH3 is 1. The number of hydrogen-bond donors (Lipinski definition) is 0. The van der Waals surface area contributed by atoms with Crippen molar-refractivity contribution in [2.75, 3.05) is 13.4 Å². The first kappa shape index (κ1) is 14.2. The smallest absolute Gasteiger partial charge is 0.162 e. The molecule has 0 aliphatic carbocycles. The monoisotopic (exact) mass is 316 g/mol. The molecule has 3 rings (SSSR count). The Labute approximate surface area is 132 Å². The first-order valence-corrected chi connectivity index (χ1v) is 7.98. The van der Waals surface area contributed by atoms with Crippen molar-refractivity contribution in [1.82, 2.24) is 9.97 Å². The minimum atomic E-state index is 0.452. The predicted molar refractivity (Wildman–Crippen MR) is 88.3 cm³/mol. The summed E-state index contributed by atoms with van der Waals surface area (Å²) in [7, 11) is 1.63. The lowest BCUT2D eigenvalue weighted by atomic mass is 10.2. The number of nitrogens with zero attached hydrogens (tertiary/aromatic N) is 2. The minimum absolute atomic E-state index is 0.452. The Morgan fingerprint density at radius 2 is 1.90 bits per heavy atom. The molecule has 3 nitrogen and oxygen atoms in total. The minimum Gasteiger partial charge on any atom is -0.497 e. The molecule has 0 unspecified atom stereocenters. The van der Waals surface area contributed by atoms with Crippen molar-refractivity contribution in [1.29, 1.82) is 0 Å². The molecule has 0 N–H and O–H groups in total. The van der Waals surface area contributed by atoms with E-state index in [9.17, 15) is 0 Å². The third-order valence-corrected chi connectivity index (χ3v) is 4.29. The van der Waals surface area contributed by atoms with E-state index >= 15 is 0 Å². The molecule has 3 aromatic rings. The van der Waals surface area contributed by atoms with Gasteiger partial charge in [0.1, 0.15) is 10.9 Å². The molecule has 0 saturated heterocycles. The first-order valence-electron chi connectivity index (χ1n) is 6.37. The van der Waals surface area contributed by atoms with Gasteiger partial charge in [0.15, 0.2) is 5.82 Å². The quantitative estimate of drug-likeness (QED) is 0.519. The fourth-order valence-corrected chi connectivity index (χ4v) is 2.98. The van der Waals surface area contributed by atoms with Gasteiger partial charge in [-0.25, -0.2) is 9.97 Å². The van der Waals surface area contributed by atoms with Crippen LogP contribution in [0.4, 0.5) is 0 Å². The van der Waals surface area contributed by atoms with Gasteiger partial charge >= 0.3 is 0 Å². The molecule has 1 heterocycles. The standard InChI is InChI=1S/C16H13ClN2OS/c1-20-10-7-8-11-13(9-10)18-16(19-15(11)17)12-5-3-4-6-14(12)21-2/h3-9H,1-2H3. The van der Waals surface area contributed by atoms with Crippen molar-refractivity contribution < 1.29 is 4.74 Å². The van der Waals surface area contributed by atoms with E-state index in [2.05, 4.69) is 9.97 Å². The summed E-state index contributed by atoms with van der Waals surface area (Å²) in [6.45, 7) is 0. The van der Waals surface area contributed by atoms with Gasteiger partial charge in [-0.2, -0.15) is 0 Å².